The normalized spacial score (nSPS) is 11.1. The van der Waals surface area contributed by atoms with Crippen molar-refractivity contribution >= 4 is 34.6 Å². The summed E-state index contributed by atoms with van der Waals surface area (Å²) >= 11 is 7.40. The Morgan fingerprint density at radius 2 is 1.73 bits per heavy atom. The Labute approximate surface area is 184 Å². The van der Waals surface area contributed by atoms with Gasteiger partial charge in [-0.25, -0.2) is 4.98 Å². The number of aromatic nitrogens is 1. The van der Waals surface area contributed by atoms with Crippen LogP contribution in [0.15, 0.2) is 84.2 Å². The van der Waals surface area contributed by atoms with Gasteiger partial charge in [-0.05, 0) is 41.5 Å². The van der Waals surface area contributed by atoms with Crippen LogP contribution in [-0.2, 0) is 6.61 Å². The largest absolute Gasteiger partial charge is 0.489 e. The van der Waals surface area contributed by atoms with Crippen LogP contribution in [0.4, 0.5) is 0 Å². The van der Waals surface area contributed by atoms with Crippen molar-refractivity contribution in [2.75, 3.05) is 0 Å². The van der Waals surface area contributed by atoms with Gasteiger partial charge in [0, 0.05) is 16.0 Å². The number of hydrogen-bond acceptors (Lipinski definition) is 4. The molecule has 4 aromatic rings. The molecule has 0 fully saturated rings. The third-order valence-corrected chi connectivity index (χ3v) is 5.56. The van der Waals surface area contributed by atoms with Crippen LogP contribution < -0.4 is 4.74 Å². The van der Waals surface area contributed by atoms with Crippen molar-refractivity contribution < 1.29 is 4.74 Å². The van der Waals surface area contributed by atoms with Gasteiger partial charge in [-0.2, -0.15) is 5.26 Å². The lowest BCUT2D eigenvalue weighted by molar-refractivity contribution is 0.306. The molecular formula is C25H17ClN2OS. The summed E-state index contributed by atoms with van der Waals surface area (Å²) < 4.78 is 5.82. The van der Waals surface area contributed by atoms with Crippen LogP contribution in [0.25, 0.3) is 22.9 Å². The van der Waals surface area contributed by atoms with E-state index in [-0.39, 0.29) is 0 Å². The van der Waals surface area contributed by atoms with Gasteiger partial charge < -0.3 is 4.74 Å². The van der Waals surface area contributed by atoms with Crippen molar-refractivity contribution in [2.45, 2.75) is 6.61 Å². The molecule has 0 amide bonds. The van der Waals surface area contributed by atoms with E-state index in [4.69, 9.17) is 16.3 Å². The fraction of sp³-hybridized carbons (Fsp3) is 0.0400. The van der Waals surface area contributed by atoms with Crippen LogP contribution >= 0.6 is 22.9 Å². The summed E-state index contributed by atoms with van der Waals surface area (Å²) in [4.78, 5) is 4.62. The first kappa shape index (κ1) is 19.9. The summed E-state index contributed by atoms with van der Waals surface area (Å²) in [5.41, 5.74) is 4.37. The average Bonchev–Trinajstić information content (AvgIpc) is 3.28. The number of allylic oxidation sites excluding steroid dienone is 1. The Kier molecular flexibility index (Phi) is 6.24. The SMILES string of the molecule is N#C/C(=C\c1ccc(OCc2ccccc2)cc1)c1nc(-c2ccc(Cl)cc2)cs1. The highest BCUT2D eigenvalue weighted by atomic mass is 35.5. The van der Waals surface area contributed by atoms with Crippen molar-refractivity contribution in [1.82, 2.24) is 4.98 Å². The molecule has 0 aliphatic heterocycles. The number of rotatable bonds is 6. The predicted octanol–water partition coefficient (Wildman–Crippen LogP) is 7.11. The number of ether oxygens (including phenoxy) is 1. The van der Waals surface area contributed by atoms with Gasteiger partial charge in [0.15, 0.2) is 0 Å². The van der Waals surface area contributed by atoms with Crippen molar-refractivity contribution in [3.63, 3.8) is 0 Å². The second-order valence-corrected chi connectivity index (χ2v) is 7.85. The van der Waals surface area contributed by atoms with Crippen molar-refractivity contribution in [3.8, 4) is 23.1 Å². The molecule has 4 rings (SSSR count). The smallest absolute Gasteiger partial charge is 0.134 e. The highest BCUT2D eigenvalue weighted by molar-refractivity contribution is 7.11. The van der Waals surface area contributed by atoms with Gasteiger partial charge in [-0.3, -0.25) is 0 Å². The zero-order valence-corrected chi connectivity index (χ0v) is 17.5. The second-order valence-electron chi connectivity index (χ2n) is 6.56. The predicted molar refractivity (Wildman–Crippen MR) is 123 cm³/mol. The van der Waals surface area contributed by atoms with E-state index in [1.165, 1.54) is 11.3 Å². The maximum absolute atomic E-state index is 9.63. The minimum absolute atomic E-state index is 0.520. The molecule has 0 saturated heterocycles. The highest BCUT2D eigenvalue weighted by Crippen LogP contribution is 2.28. The third kappa shape index (κ3) is 4.96. The monoisotopic (exact) mass is 428 g/mol. The van der Waals surface area contributed by atoms with Gasteiger partial charge in [-0.1, -0.05) is 66.2 Å². The fourth-order valence-corrected chi connectivity index (χ4v) is 3.78. The van der Waals surface area contributed by atoms with Crippen LogP contribution in [-0.4, -0.2) is 4.98 Å². The first-order valence-electron chi connectivity index (χ1n) is 9.32. The molecule has 5 heteroatoms. The summed E-state index contributed by atoms with van der Waals surface area (Å²) in [6.07, 6.45) is 1.84. The second kappa shape index (κ2) is 9.41. The van der Waals surface area contributed by atoms with Crippen molar-refractivity contribution in [1.29, 1.82) is 5.26 Å². The van der Waals surface area contributed by atoms with Gasteiger partial charge in [0.05, 0.1) is 11.3 Å². The Balaban J connectivity index is 1.47. The number of benzene rings is 3. The molecule has 146 valence electrons. The molecule has 1 heterocycles. The van der Waals surface area contributed by atoms with Crippen molar-refractivity contribution in [2.24, 2.45) is 0 Å². The molecule has 0 unspecified atom stereocenters. The first-order valence-corrected chi connectivity index (χ1v) is 10.6. The Morgan fingerprint density at radius 3 is 2.43 bits per heavy atom. The molecule has 30 heavy (non-hydrogen) atoms. The molecule has 3 aromatic carbocycles. The summed E-state index contributed by atoms with van der Waals surface area (Å²) in [6, 6.07) is 27.5. The minimum Gasteiger partial charge on any atom is -0.489 e. The molecule has 3 nitrogen and oxygen atoms in total. The van der Waals surface area contributed by atoms with Gasteiger partial charge in [-0.15, -0.1) is 11.3 Å². The maximum Gasteiger partial charge on any atom is 0.134 e. The summed E-state index contributed by atoms with van der Waals surface area (Å²) in [6.45, 7) is 0.520. The highest BCUT2D eigenvalue weighted by Gasteiger charge is 2.09. The molecule has 0 spiro atoms. The number of hydrogen-bond donors (Lipinski definition) is 0. The average molecular weight is 429 g/mol. The first-order chi connectivity index (χ1) is 14.7. The Morgan fingerprint density at radius 1 is 1.00 bits per heavy atom. The standard InChI is InChI=1S/C25H17ClN2OS/c26-22-10-8-20(9-11-22)24-17-30-25(28-24)21(15-27)14-18-6-12-23(13-7-18)29-16-19-4-2-1-3-5-19/h1-14,17H,16H2/b21-14+. The van der Waals surface area contributed by atoms with Crippen LogP contribution in [0.2, 0.25) is 5.02 Å². The van der Waals surface area contributed by atoms with Crippen molar-refractivity contribution in [3.05, 3.63) is 105 Å². The molecule has 0 aliphatic carbocycles. The number of halogens is 1. The zero-order chi connectivity index (χ0) is 20.8. The molecule has 0 atom stereocenters. The van der Waals surface area contributed by atoms with Crippen LogP contribution in [0.3, 0.4) is 0 Å². The van der Waals surface area contributed by atoms with E-state index in [1.807, 2.05) is 90.3 Å². The topological polar surface area (TPSA) is 45.9 Å². The molecular weight excluding hydrogens is 412 g/mol. The maximum atomic E-state index is 9.63. The van der Waals surface area contributed by atoms with Crippen LogP contribution in [0, 0.1) is 11.3 Å². The molecule has 0 radical (unpaired) electrons. The lowest BCUT2D eigenvalue weighted by Crippen LogP contribution is -1.94. The zero-order valence-electron chi connectivity index (χ0n) is 16.0. The quantitative estimate of drug-likeness (QED) is 0.307. The Bertz CT molecular complexity index is 1190. The van der Waals surface area contributed by atoms with E-state index >= 15 is 0 Å². The van der Waals surface area contributed by atoms with E-state index in [2.05, 4.69) is 11.1 Å². The van der Waals surface area contributed by atoms with Crippen LogP contribution in [0.1, 0.15) is 16.1 Å². The number of nitriles is 1. The van der Waals surface area contributed by atoms with E-state index in [9.17, 15) is 5.26 Å². The molecule has 0 aliphatic rings. The number of thiazole rings is 1. The molecule has 0 N–H and O–H groups in total. The number of nitrogens with zero attached hydrogens (tertiary/aromatic N) is 2. The molecule has 1 aromatic heterocycles. The minimum atomic E-state index is 0.520. The fourth-order valence-electron chi connectivity index (χ4n) is 2.86. The van der Waals surface area contributed by atoms with Gasteiger partial charge in [0.1, 0.15) is 23.4 Å². The third-order valence-electron chi connectivity index (χ3n) is 4.43. The summed E-state index contributed by atoms with van der Waals surface area (Å²) in [5.74, 6) is 0.786. The van der Waals surface area contributed by atoms with Crippen LogP contribution in [0.5, 0.6) is 5.75 Å². The lowest BCUT2D eigenvalue weighted by atomic mass is 10.1. The van der Waals surface area contributed by atoms with Gasteiger partial charge in [0.2, 0.25) is 0 Å². The van der Waals surface area contributed by atoms with E-state index in [1.54, 1.807) is 0 Å². The summed E-state index contributed by atoms with van der Waals surface area (Å²) in [7, 11) is 0. The van der Waals surface area contributed by atoms with E-state index < -0.39 is 0 Å². The lowest BCUT2D eigenvalue weighted by Gasteiger charge is -2.06. The summed E-state index contributed by atoms with van der Waals surface area (Å²) in [5, 5.41) is 12.9. The molecule has 0 bridgehead atoms. The Hall–Kier alpha value is -3.39. The van der Waals surface area contributed by atoms with Gasteiger partial charge in [0.25, 0.3) is 0 Å². The van der Waals surface area contributed by atoms with E-state index in [0.29, 0.717) is 22.2 Å². The van der Waals surface area contributed by atoms with E-state index in [0.717, 1.165) is 28.1 Å². The molecule has 0 saturated carbocycles. The van der Waals surface area contributed by atoms with Gasteiger partial charge >= 0.3 is 0 Å².